The monoisotopic (exact) mass is 336 g/mol. The molecule has 0 radical (unpaired) electrons. The average Bonchev–Trinajstić information content (AvgIpc) is 3.15. The van der Waals surface area contributed by atoms with Crippen LogP contribution in [0.15, 0.2) is 73.3 Å². The van der Waals surface area contributed by atoms with E-state index in [1.165, 1.54) is 0 Å². The second kappa shape index (κ2) is 8.54. The molecule has 0 fully saturated rings. The molecule has 25 heavy (non-hydrogen) atoms. The largest absolute Gasteiger partial charge is 0.455 e. The highest BCUT2D eigenvalue weighted by Gasteiger charge is 2.07. The van der Waals surface area contributed by atoms with Gasteiger partial charge in [-0.25, -0.2) is 9.78 Å². The summed E-state index contributed by atoms with van der Waals surface area (Å²) in [6.07, 6.45) is 6.23. The number of carbonyl (C=O) groups excluding carboxylic acids is 1. The molecule has 0 spiro atoms. The number of aryl methyl sites for hydroxylation is 1. The zero-order chi connectivity index (χ0) is 17.3. The molecule has 0 unspecified atom stereocenters. The van der Waals surface area contributed by atoms with E-state index < -0.39 is 0 Å². The van der Waals surface area contributed by atoms with Crippen LogP contribution in [-0.4, -0.2) is 22.1 Å². The smallest absolute Gasteiger partial charge is 0.319 e. The van der Waals surface area contributed by atoms with Gasteiger partial charge in [0.15, 0.2) is 5.75 Å². The third-order valence-electron chi connectivity index (χ3n) is 3.54. The molecule has 3 aromatic rings. The zero-order valence-electron chi connectivity index (χ0n) is 13.8. The normalized spacial score (nSPS) is 10.2. The summed E-state index contributed by atoms with van der Waals surface area (Å²) in [4.78, 5) is 16.1. The van der Waals surface area contributed by atoms with Crippen LogP contribution in [0, 0.1) is 0 Å². The summed E-state index contributed by atoms with van der Waals surface area (Å²) < 4.78 is 7.81. The Bertz CT molecular complexity index is 788. The topological polar surface area (TPSA) is 68.2 Å². The minimum atomic E-state index is -0.255. The molecule has 0 saturated heterocycles. The van der Waals surface area contributed by atoms with Crippen molar-refractivity contribution in [2.75, 3.05) is 11.9 Å². The lowest BCUT2D eigenvalue weighted by Gasteiger charge is -2.13. The van der Waals surface area contributed by atoms with Crippen LogP contribution in [0.1, 0.15) is 6.42 Å². The van der Waals surface area contributed by atoms with E-state index in [0.717, 1.165) is 18.7 Å². The van der Waals surface area contributed by atoms with E-state index in [1.54, 1.807) is 12.5 Å². The predicted octanol–water partition coefficient (Wildman–Crippen LogP) is 3.89. The molecule has 2 aromatic carbocycles. The summed E-state index contributed by atoms with van der Waals surface area (Å²) in [5, 5.41) is 5.68. The van der Waals surface area contributed by atoms with E-state index >= 15 is 0 Å². The Morgan fingerprint density at radius 1 is 1.08 bits per heavy atom. The summed E-state index contributed by atoms with van der Waals surface area (Å²) in [6.45, 7) is 1.39. The molecule has 0 aliphatic carbocycles. The highest BCUT2D eigenvalue weighted by Crippen LogP contribution is 2.28. The number of urea groups is 1. The highest BCUT2D eigenvalue weighted by atomic mass is 16.5. The van der Waals surface area contributed by atoms with E-state index in [4.69, 9.17) is 4.74 Å². The first-order valence-electron chi connectivity index (χ1n) is 8.14. The van der Waals surface area contributed by atoms with Gasteiger partial charge in [0, 0.05) is 25.5 Å². The lowest BCUT2D eigenvalue weighted by atomic mass is 10.3. The number of nitrogens with zero attached hydrogens (tertiary/aromatic N) is 2. The SMILES string of the molecule is O=C(NCCCn1ccnc1)Nc1ccccc1Oc1ccccc1. The number of para-hydroxylation sites is 3. The number of amides is 2. The minimum absolute atomic E-state index is 0.255. The van der Waals surface area contributed by atoms with Crippen LogP contribution in [0.25, 0.3) is 0 Å². The Kier molecular flexibility index (Phi) is 5.66. The summed E-state index contributed by atoms with van der Waals surface area (Å²) in [5.74, 6) is 1.32. The van der Waals surface area contributed by atoms with Gasteiger partial charge in [0.25, 0.3) is 0 Å². The number of imidazole rings is 1. The number of benzene rings is 2. The van der Waals surface area contributed by atoms with Crippen LogP contribution in [0.3, 0.4) is 0 Å². The summed E-state index contributed by atoms with van der Waals surface area (Å²) in [5.41, 5.74) is 0.624. The summed E-state index contributed by atoms with van der Waals surface area (Å²) >= 11 is 0. The number of ether oxygens (including phenoxy) is 1. The fraction of sp³-hybridized carbons (Fsp3) is 0.158. The van der Waals surface area contributed by atoms with Crippen molar-refractivity contribution < 1.29 is 9.53 Å². The molecule has 0 atom stereocenters. The Labute approximate surface area is 146 Å². The maximum absolute atomic E-state index is 12.1. The standard InChI is InChI=1S/C19H20N4O2/c24-19(21-11-6-13-23-14-12-20-15-23)22-17-9-4-5-10-18(17)25-16-7-2-1-3-8-16/h1-5,7-10,12,14-15H,6,11,13H2,(H2,21,22,24). The van der Waals surface area contributed by atoms with Gasteiger partial charge in [0.05, 0.1) is 12.0 Å². The van der Waals surface area contributed by atoms with Crippen molar-refractivity contribution >= 4 is 11.7 Å². The number of anilines is 1. The van der Waals surface area contributed by atoms with Crippen LogP contribution in [0.2, 0.25) is 0 Å². The lowest BCUT2D eigenvalue weighted by Crippen LogP contribution is -2.30. The predicted molar refractivity (Wildman–Crippen MR) is 96.8 cm³/mol. The van der Waals surface area contributed by atoms with Crippen molar-refractivity contribution in [3.63, 3.8) is 0 Å². The Balaban J connectivity index is 1.50. The van der Waals surface area contributed by atoms with Gasteiger partial charge in [-0.05, 0) is 30.7 Å². The van der Waals surface area contributed by atoms with Gasteiger partial charge in [-0.1, -0.05) is 30.3 Å². The Hall–Kier alpha value is -3.28. The molecule has 3 rings (SSSR count). The van der Waals surface area contributed by atoms with E-state index in [0.29, 0.717) is 18.0 Å². The molecule has 0 bridgehead atoms. The van der Waals surface area contributed by atoms with Crippen molar-refractivity contribution in [3.05, 3.63) is 73.3 Å². The number of aromatic nitrogens is 2. The van der Waals surface area contributed by atoms with Gasteiger partial charge in [0.2, 0.25) is 0 Å². The van der Waals surface area contributed by atoms with Crippen LogP contribution in [0.5, 0.6) is 11.5 Å². The molecule has 1 aromatic heterocycles. The van der Waals surface area contributed by atoms with Crippen LogP contribution in [0.4, 0.5) is 10.5 Å². The van der Waals surface area contributed by atoms with Crippen molar-refractivity contribution in [1.82, 2.24) is 14.9 Å². The molecule has 2 N–H and O–H groups in total. The lowest BCUT2D eigenvalue weighted by molar-refractivity contribution is 0.251. The number of hydrogen-bond acceptors (Lipinski definition) is 3. The van der Waals surface area contributed by atoms with Crippen LogP contribution in [-0.2, 0) is 6.54 Å². The van der Waals surface area contributed by atoms with Gasteiger partial charge in [-0.15, -0.1) is 0 Å². The number of rotatable bonds is 7. The van der Waals surface area contributed by atoms with E-state index in [-0.39, 0.29) is 6.03 Å². The van der Waals surface area contributed by atoms with E-state index in [2.05, 4.69) is 15.6 Å². The molecule has 6 nitrogen and oxygen atoms in total. The van der Waals surface area contributed by atoms with Gasteiger partial charge in [0.1, 0.15) is 5.75 Å². The molecule has 128 valence electrons. The highest BCUT2D eigenvalue weighted by molar-refractivity contribution is 5.90. The third-order valence-corrected chi connectivity index (χ3v) is 3.54. The minimum Gasteiger partial charge on any atom is -0.455 e. The summed E-state index contributed by atoms with van der Waals surface area (Å²) in [7, 11) is 0. The van der Waals surface area contributed by atoms with Crippen molar-refractivity contribution in [2.45, 2.75) is 13.0 Å². The molecular weight excluding hydrogens is 316 g/mol. The second-order valence-electron chi connectivity index (χ2n) is 5.45. The van der Waals surface area contributed by atoms with Gasteiger partial charge in [-0.2, -0.15) is 0 Å². The van der Waals surface area contributed by atoms with Crippen LogP contribution < -0.4 is 15.4 Å². The molecular formula is C19H20N4O2. The molecule has 6 heteroatoms. The fourth-order valence-corrected chi connectivity index (χ4v) is 2.32. The second-order valence-corrected chi connectivity index (χ2v) is 5.45. The Morgan fingerprint density at radius 2 is 1.88 bits per heavy atom. The molecule has 2 amide bonds. The first kappa shape index (κ1) is 16.6. The third kappa shape index (κ3) is 5.10. The van der Waals surface area contributed by atoms with Gasteiger partial charge < -0.3 is 19.9 Å². The number of carbonyl (C=O) groups is 1. The van der Waals surface area contributed by atoms with Crippen molar-refractivity contribution in [2.24, 2.45) is 0 Å². The van der Waals surface area contributed by atoms with Crippen molar-refractivity contribution in [1.29, 1.82) is 0 Å². The average molecular weight is 336 g/mol. The van der Waals surface area contributed by atoms with Gasteiger partial charge >= 0.3 is 6.03 Å². The van der Waals surface area contributed by atoms with Gasteiger partial charge in [-0.3, -0.25) is 0 Å². The van der Waals surface area contributed by atoms with Crippen molar-refractivity contribution in [3.8, 4) is 11.5 Å². The first-order valence-corrected chi connectivity index (χ1v) is 8.14. The van der Waals surface area contributed by atoms with E-state index in [9.17, 15) is 4.79 Å². The number of nitrogens with one attached hydrogen (secondary N) is 2. The quantitative estimate of drug-likeness (QED) is 0.643. The molecule has 0 aliphatic rings. The Morgan fingerprint density at radius 3 is 2.68 bits per heavy atom. The van der Waals surface area contributed by atoms with Crippen LogP contribution >= 0.6 is 0 Å². The number of hydrogen-bond donors (Lipinski definition) is 2. The maximum atomic E-state index is 12.1. The fourth-order valence-electron chi connectivity index (χ4n) is 2.32. The molecule has 0 aliphatic heterocycles. The van der Waals surface area contributed by atoms with E-state index in [1.807, 2.05) is 65.4 Å². The summed E-state index contributed by atoms with van der Waals surface area (Å²) in [6, 6.07) is 16.6. The first-order chi connectivity index (χ1) is 12.3. The molecule has 0 saturated carbocycles. The molecule has 1 heterocycles. The zero-order valence-corrected chi connectivity index (χ0v) is 13.8. The maximum Gasteiger partial charge on any atom is 0.319 e.